The van der Waals surface area contributed by atoms with Gasteiger partial charge in [-0.2, -0.15) is 0 Å². The molecule has 0 radical (unpaired) electrons. The van der Waals surface area contributed by atoms with Gasteiger partial charge >= 0.3 is 5.69 Å². The number of hydrogen-bond acceptors (Lipinski definition) is 5. The van der Waals surface area contributed by atoms with Gasteiger partial charge in [0.15, 0.2) is 5.16 Å². The molecule has 0 spiro atoms. The van der Waals surface area contributed by atoms with Gasteiger partial charge in [0, 0.05) is 30.7 Å². The highest BCUT2D eigenvalue weighted by Crippen LogP contribution is 2.21. The van der Waals surface area contributed by atoms with E-state index in [9.17, 15) is 4.79 Å². The molecular formula is C12H17N5OS. The van der Waals surface area contributed by atoms with Gasteiger partial charge < -0.3 is 5.32 Å². The topological polar surface area (TPSA) is 75.6 Å². The molecule has 0 amide bonds. The van der Waals surface area contributed by atoms with Crippen LogP contribution < -0.4 is 11.0 Å². The van der Waals surface area contributed by atoms with Gasteiger partial charge in [-0.15, -0.1) is 5.10 Å². The first-order valence-electron chi connectivity index (χ1n) is 6.04. The molecule has 0 bridgehead atoms. The molecule has 2 aromatic rings. The lowest BCUT2D eigenvalue weighted by Crippen LogP contribution is -2.19. The summed E-state index contributed by atoms with van der Waals surface area (Å²) in [5, 5.41) is 10.3. The maximum Gasteiger partial charge on any atom is 0.344 e. The second-order valence-corrected chi connectivity index (χ2v) is 5.29. The summed E-state index contributed by atoms with van der Waals surface area (Å²) < 4.78 is 1.65. The third-order valence-corrected chi connectivity index (χ3v) is 3.63. The number of nitrogens with zero attached hydrogens (tertiary/aromatic N) is 3. The zero-order valence-corrected chi connectivity index (χ0v) is 12.0. The van der Waals surface area contributed by atoms with Gasteiger partial charge in [0.25, 0.3) is 0 Å². The highest BCUT2D eigenvalue weighted by molar-refractivity contribution is 7.98. The van der Waals surface area contributed by atoms with E-state index in [1.807, 2.05) is 33.0 Å². The van der Waals surface area contributed by atoms with Gasteiger partial charge in [-0.05, 0) is 26.0 Å². The molecule has 0 aliphatic carbocycles. The minimum absolute atomic E-state index is 0.0883. The van der Waals surface area contributed by atoms with Crippen LogP contribution in [0, 0.1) is 0 Å². The fourth-order valence-corrected chi connectivity index (χ4v) is 2.68. The zero-order valence-electron chi connectivity index (χ0n) is 11.2. The molecule has 19 heavy (non-hydrogen) atoms. The number of anilines is 1. The molecule has 0 aromatic carbocycles. The SMILES string of the molecule is CNc1ccnc(CSc2n[nH]c(=O)n2C(C)C)c1. The van der Waals surface area contributed by atoms with E-state index in [1.165, 1.54) is 11.8 Å². The van der Waals surface area contributed by atoms with Crippen molar-refractivity contribution in [1.82, 2.24) is 19.7 Å². The second kappa shape index (κ2) is 5.92. The molecule has 2 N–H and O–H groups in total. The molecule has 2 aromatic heterocycles. The van der Waals surface area contributed by atoms with Crippen molar-refractivity contribution in [3.05, 3.63) is 34.5 Å². The van der Waals surface area contributed by atoms with E-state index in [0.29, 0.717) is 10.9 Å². The Hall–Kier alpha value is -1.76. The van der Waals surface area contributed by atoms with E-state index in [2.05, 4.69) is 20.5 Å². The number of nitrogens with one attached hydrogen (secondary N) is 2. The molecular weight excluding hydrogens is 262 g/mol. The summed E-state index contributed by atoms with van der Waals surface area (Å²) in [6.45, 7) is 3.92. The Morgan fingerprint density at radius 2 is 2.32 bits per heavy atom. The molecule has 0 aliphatic heterocycles. The first kappa shape index (κ1) is 13.7. The Balaban J connectivity index is 2.12. The van der Waals surface area contributed by atoms with Crippen LogP contribution >= 0.6 is 11.8 Å². The average molecular weight is 279 g/mol. The normalized spacial score (nSPS) is 10.9. The lowest BCUT2D eigenvalue weighted by Gasteiger charge is -2.08. The molecule has 0 atom stereocenters. The summed E-state index contributed by atoms with van der Waals surface area (Å²) in [5.41, 5.74) is 1.80. The number of hydrogen-bond donors (Lipinski definition) is 2. The van der Waals surface area contributed by atoms with Crippen molar-refractivity contribution in [2.24, 2.45) is 0 Å². The average Bonchev–Trinajstić information content (AvgIpc) is 2.78. The van der Waals surface area contributed by atoms with Gasteiger partial charge in [0.2, 0.25) is 0 Å². The monoisotopic (exact) mass is 279 g/mol. The number of aromatic nitrogens is 4. The Morgan fingerprint density at radius 1 is 1.53 bits per heavy atom. The number of pyridine rings is 1. The Kier molecular flexibility index (Phi) is 4.26. The van der Waals surface area contributed by atoms with Gasteiger partial charge in [-0.25, -0.2) is 9.89 Å². The third-order valence-electron chi connectivity index (χ3n) is 2.64. The molecule has 0 saturated heterocycles. The first-order valence-corrected chi connectivity index (χ1v) is 7.02. The van der Waals surface area contributed by atoms with Crippen molar-refractivity contribution in [3.63, 3.8) is 0 Å². The first-order chi connectivity index (χ1) is 9.11. The fraction of sp³-hybridized carbons (Fsp3) is 0.417. The number of aromatic amines is 1. The number of H-pyrrole nitrogens is 1. The van der Waals surface area contributed by atoms with Gasteiger partial charge in [0.05, 0.1) is 5.69 Å². The highest BCUT2D eigenvalue weighted by Gasteiger charge is 2.12. The zero-order chi connectivity index (χ0) is 13.8. The van der Waals surface area contributed by atoms with Crippen LogP contribution in [0.4, 0.5) is 5.69 Å². The van der Waals surface area contributed by atoms with Gasteiger partial charge in [-0.3, -0.25) is 9.55 Å². The highest BCUT2D eigenvalue weighted by atomic mass is 32.2. The molecule has 6 nitrogen and oxygen atoms in total. The van der Waals surface area contributed by atoms with Crippen molar-refractivity contribution in [3.8, 4) is 0 Å². The van der Waals surface area contributed by atoms with E-state index in [1.54, 1.807) is 10.8 Å². The Morgan fingerprint density at radius 3 is 3.00 bits per heavy atom. The van der Waals surface area contributed by atoms with Gasteiger partial charge in [0.1, 0.15) is 0 Å². The summed E-state index contributed by atoms with van der Waals surface area (Å²) in [6.07, 6.45) is 1.77. The van der Waals surface area contributed by atoms with E-state index in [-0.39, 0.29) is 11.7 Å². The summed E-state index contributed by atoms with van der Waals surface area (Å²) >= 11 is 1.50. The van der Waals surface area contributed by atoms with Crippen molar-refractivity contribution < 1.29 is 0 Å². The summed E-state index contributed by atoms with van der Waals surface area (Å²) in [5.74, 6) is 0.673. The standard InChI is InChI=1S/C12H17N5OS/c1-8(2)17-11(18)15-16-12(17)19-7-10-6-9(13-3)4-5-14-10/h4-6,8H,7H2,1-3H3,(H,13,14)(H,15,18). The smallest absolute Gasteiger partial charge is 0.344 e. The maximum absolute atomic E-state index is 11.6. The van der Waals surface area contributed by atoms with Crippen LogP contribution in [0.5, 0.6) is 0 Å². The molecule has 2 heterocycles. The van der Waals surface area contributed by atoms with E-state index in [0.717, 1.165) is 11.4 Å². The van der Waals surface area contributed by atoms with Crippen molar-refractivity contribution in [1.29, 1.82) is 0 Å². The van der Waals surface area contributed by atoms with Crippen LogP contribution in [0.3, 0.4) is 0 Å². The summed E-state index contributed by atoms with van der Waals surface area (Å²) in [7, 11) is 1.87. The summed E-state index contributed by atoms with van der Waals surface area (Å²) in [4.78, 5) is 15.9. The molecule has 0 fully saturated rings. The van der Waals surface area contributed by atoms with Gasteiger partial charge in [-0.1, -0.05) is 11.8 Å². The van der Waals surface area contributed by atoms with Crippen molar-refractivity contribution in [2.45, 2.75) is 30.8 Å². The maximum atomic E-state index is 11.6. The predicted octanol–water partition coefficient (Wildman–Crippen LogP) is 1.88. The molecule has 0 saturated carbocycles. The molecule has 102 valence electrons. The summed E-state index contributed by atoms with van der Waals surface area (Å²) in [6, 6.07) is 3.98. The fourth-order valence-electron chi connectivity index (χ4n) is 1.70. The van der Waals surface area contributed by atoms with Crippen molar-refractivity contribution >= 4 is 17.4 Å². The van der Waals surface area contributed by atoms with Crippen LogP contribution in [-0.2, 0) is 5.75 Å². The number of rotatable bonds is 5. The molecule has 7 heteroatoms. The minimum Gasteiger partial charge on any atom is -0.388 e. The van der Waals surface area contributed by atoms with Crippen LogP contribution in [0.25, 0.3) is 0 Å². The minimum atomic E-state index is -0.172. The van der Waals surface area contributed by atoms with E-state index in [4.69, 9.17) is 0 Å². The lowest BCUT2D eigenvalue weighted by molar-refractivity contribution is 0.534. The molecule has 0 aliphatic rings. The Labute approximate surface area is 115 Å². The molecule has 0 unspecified atom stereocenters. The van der Waals surface area contributed by atoms with E-state index < -0.39 is 0 Å². The van der Waals surface area contributed by atoms with Crippen LogP contribution in [-0.4, -0.2) is 26.8 Å². The van der Waals surface area contributed by atoms with Crippen molar-refractivity contribution in [2.75, 3.05) is 12.4 Å². The van der Waals surface area contributed by atoms with E-state index >= 15 is 0 Å². The molecule has 2 rings (SSSR count). The van der Waals surface area contributed by atoms with Crippen LogP contribution in [0.1, 0.15) is 25.6 Å². The van der Waals surface area contributed by atoms with Crippen LogP contribution in [0.2, 0.25) is 0 Å². The number of thioether (sulfide) groups is 1. The largest absolute Gasteiger partial charge is 0.388 e. The third kappa shape index (κ3) is 3.17. The second-order valence-electron chi connectivity index (χ2n) is 4.35. The quantitative estimate of drug-likeness (QED) is 0.817. The Bertz CT molecular complexity index is 604. The predicted molar refractivity (Wildman–Crippen MR) is 76.6 cm³/mol. The lowest BCUT2D eigenvalue weighted by atomic mass is 10.3. The van der Waals surface area contributed by atoms with Crippen LogP contribution in [0.15, 0.2) is 28.3 Å².